The predicted octanol–water partition coefficient (Wildman–Crippen LogP) is 3.96. The quantitative estimate of drug-likeness (QED) is 0.768. The van der Waals surface area contributed by atoms with Gasteiger partial charge in [-0.25, -0.2) is 0 Å². The zero-order valence-corrected chi connectivity index (χ0v) is 11.5. The van der Waals surface area contributed by atoms with Gasteiger partial charge in [-0.1, -0.05) is 18.2 Å². The van der Waals surface area contributed by atoms with Gasteiger partial charge in [-0.2, -0.15) is 0 Å². The Labute approximate surface area is 113 Å². The van der Waals surface area contributed by atoms with Gasteiger partial charge in [0, 0.05) is 7.11 Å². The van der Waals surface area contributed by atoms with Crippen molar-refractivity contribution < 1.29 is 9.47 Å². The fourth-order valence-electron chi connectivity index (χ4n) is 2.89. The van der Waals surface area contributed by atoms with E-state index in [0.717, 1.165) is 32.5 Å². The molecule has 1 aliphatic heterocycles. The van der Waals surface area contributed by atoms with E-state index in [9.17, 15) is 0 Å². The summed E-state index contributed by atoms with van der Waals surface area (Å²) in [5, 5.41) is 0.0381. The Bertz CT molecular complexity index is 435. The number of hydrogen-bond donors (Lipinski definition) is 0. The minimum absolute atomic E-state index is 0.0297. The van der Waals surface area contributed by atoms with Crippen molar-refractivity contribution in [2.45, 2.75) is 49.9 Å². The minimum atomic E-state index is 0.0297. The van der Waals surface area contributed by atoms with Crippen molar-refractivity contribution >= 4 is 11.6 Å². The zero-order valence-electron chi connectivity index (χ0n) is 10.7. The molecule has 1 unspecified atom stereocenters. The van der Waals surface area contributed by atoms with Crippen LogP contribution in [0.15, 0.2) is 18.2 Å². The smallest absolute Gasteiger partial charge is 0.0725 e. The number of ether oxygens (including phenoxy) is 2. The number of alkyl halides is 1. The summed E-state index contributed by atoms with van der Waals surface area (Å²) >= 11 is 6.56. The molecule has 1 aromatic rings. The first-order chi connectivity index (χ1) is 8.72. The lowest BCUT2D eigenvalue weighted by atomic mass is 9.76. The number of fused-ring (bicyclic) bond motifs is 1. The molecule has 0 aromatic heterocycles. The van der Waals surface area contributed by atoms with Crippen LogP contribution in [0.3, 0.4) is 0 Å². The van der Waals surface area contributed by atoms with Gasteiger partial charge in [-0.15, -0.1) is 11.6 Å². The highest BCUT2D eigenvalue weighted by Crippen LogP contribution is 2.44. The second-order valence-electron chi connectivity index (χ2n) is 5.43. The molecule has 0 saturated heterocycles. The van der Waals surface area contributed by atoms with Gasteiger partial charge >= 0.3 is 0 Å². The number of halogens is 1. The molecule has 0 bridgehead atoms. The molecule has 18 heavy (non-hydrogen) atoms. The number of benzene rings is 1. The molecule has 2 nitrogen and oxygen atoms in total. The first-order valence-electron chi connectivity index (χ1n) is 6.61. The van der Waals surface area contributed by atoms with Crippen LogP contribution in [0, 0.1) is 0 Å². The highest BCUT2D eigenvalue weighted by Gasteiger charge is 2.39. The Hall–Kier alpha value is -0.570. The molecular weight excluding hydrogens is 248 g/mol. The van der Waals surface area contributed by atoms with Crippen LogP contribution in [0.25, 0.3) is 0 Å². The van der Waals surface area contributed by atoms with Gasteiger partial charge in [0.2, 0.25) is 0 Å². The first-order valence-corrected chi connectivity index (χ1v) is 7.05. The molecule has 1 aromatic carbocycles. The molecule has 1 heterocycles. The van der Waals surface area contributed by atoms with E-state index in [2.05, 4.69) is 18.2 Å². The van der Waals surface area contributed by atoms with Crippen LogP contribution in [0.5, 0.6) is 0 Å². The highest BCUT2D eigenvalue weighted by molar-refractivity contribution is 6.20. The summed E-state index contributed by atoms with van der Waals surface area (Å²) in [5.41, 5.74) is 3.82. The van der Waals surface area contributed by atoms with Crippen LogP contribution < -0.4 is 0 Å². The summed E-state index contributed by atoms with van der Waals surface area (Å²) in [4.78, 5) is 0. The number of rotatable bonds is 4. The van der Waals surface area contributed by atoms with Crippen molar-refractivity contribution in [3.63, 3.8) is 0 Å². The third-order valence-corrected chi connectivity index (χ3v) is 4.76. The summed E-state index contributed by atoms with van der Waals surface area (Å²) < 4.78 is 11.1. The maximum absolute atomic E-state index is 6.56. The van der Waals surface area contributed by atoms with Gasteiger partial charge in [0.1, 0.15) is 0 Å². The standard InChI is InChI=1S/C15H19ClO2/c1-17-15(5-2-6-15)8-14(16)11-3-4-12-9-18-10-13(12)7-11/h3-4,7,14H,2,5-6,8-10H2,1H3. The van der Waals surface area contributed by atoms with E-state index in [1.807, 2.05) is 0 Å². The number of methoxy groups -OCH3 is 1. The third-order valence-electron chi connectivity index (χ3n) is 4.36. The maximum Gasteiger partial charge on any atom is 0.0725 e. The van der Waals surface area contributed by atoms with Crippen LogP contribution in [0.4, 0.5) is 0 Å². The Morgan fingerprint density at radius 3 is 2.78 bits per heavy atom. The molecule has 0 spiro atoms. The minimum Gasteiger partial charge on any atom is -0.378 e. The van der Waals surface area contributed by atoms with Gasteiger partial charge in [-0.3, -0.25) is 0 Å². The lowest BCUT2D eigenvalue weighted by molar-refractivity contribution is -0.0780. The molecule has 1 fully saturated rings. The topological polar surface area (TPSA) is 18.5 Å². The largest absolute Gasteiger partial charge is 0.378 e. The molecule has 1 saturated carbocycles. The van der Waals surface area contributed by atoms with Crippen LogP contribution in [-0.4, -0.2) is 12.7 Å². The van der Waals surface area contributed by atoms with E-state index < -0.39 is 0 Å². The van der Waals surface area contributed by atoms with Crippen LogP contribution in [-0.2, 0) is 22.7 Å². The zero-order chi connectivity index (χ0) is 12.6. The summed E-state index contributed by atoms with van der Waals surface area (Å²) in [5.74, 6) is 0. The van der Waals surface area contributed by atoms with Gasteiger partial charge in [-0.05, 0) is 42.4 Å². The monoisotopic (exact) mass is 266 g/mol. The molecule has 0 radical (unpaired) electrons. The van der Waals surface area contributed by atoms with Crippen molar-refractivity contribution in [3.05, 3.63) is 34.9 Å². The van der Waals surface area contributed by atoms with E-state index in [0.29, 0.717) is 0 Å². The van der Waals surface area contributed by atoms with Crippen molar-refractivity contribution in [2.75, 3.05) is 7.11 Å². The van der Waals surface area contributed by atoms with Crippen molar-refractivity contribution in [1.29, 1.82) is 0 Å². The van der Waals surface area contributed by atoms with Crippen molar-refractivity contribution in [2.24, 2.45) is 0 Å². The molecule has 0 N–H and O–H groups in total. The molecule has 1 aliphatic carbocycles. The Kier molecular flexibility index (Phi) is 3.35. The highest BCUT2D eigenvalue weighted by atomic mass is 35.5. The van der Waals surface area contributed by atoms with E-state index >= 15 is 0 Å². The first kappa shape index (κ1) is 12.5. The van der Waals surface area contributed by atoms with Gasteiger partial charge < -0.3 is 9.47 Å². The summed E-state index contributed by atoms with van der Waals surface area (Å²) in [6.45, 7) is 1.47. The maximum atomic E-state index is 6.56. The third kappa shape index (κ3) is 2.18. The van der Waals surface area contributed by atoms with E-state index in [-0.39, 0.29) is 11.0 Å². The van der Waals surface area contributed by atoms with Crippen molar-refractivity contribution in [3.8, 4) is 0 Å². The van der Waals surface area contributed by atoms with E-state index in [1.165, 1.54) is 23.1 Å². The van der Waals surface area contributed by atoms with Gasteiger partial charge in [0.25, 0.3) is 0 Å². The Morgan fingerprint density at radius 1 is 1.33 bits per heavy atom. The molecule has 1 atom stereocenters. The van der Waals surface area contributed by atoms with Crippen LogP contribution in [0.2, 0.25) is 0 Å². The summed E-state index contributed by atoms with van der Waals surface area (Å²) in [6.07, 6.45) is 4.45. The lowest BCUT2D eigenvalue weighted by Gasteiger charge is -2.41. The predicted molar refractivity (Wildman–Crippen MR) is 71.7 cm³/mol. The molecule has 3 heteroatoms. The van der Waals surface area contributed by atoms with E-state index in [4.69, 9.17) is 21.1 Å². The summed E-state index contributed by atoms with van der Waals surface area (Å²) in [6, 6.07) is 6.47. The summed E-state index contributed by atoms with van der Waals surface area (Å²) in [7, 11) is 1.80. The lowest BCUT2D eigenvalue weighted by Crippen LogP contribution is -2.39. The molecule has 0 amide bonds. The van der Waals surface area contributed by atoms with Crippen molar-refractivity contribution in [1.82, 2.24) is 0 Å². The van der Waals surface area contributed by atoms with Crippen LogP contribution >= 0.6 is 11.6 Å². The second kappa shape index (κ2) is 4.84. The average molecular weight is 267 g/mol. The van der Waals surface area contributed by atoms with E-state index in [1.54, 1.807) is 7.11 Å². The fraction of sp³-hybridized carbons (Fsp3) is 0.600. The van der Waals surface area contributed by atoms with Crippen LogP contribution in [0.1, 0.15) is 47.8 Å². The molecule has 2 aliphatic rings. The number of hydrogen-bond acceptors (Lipinski definition) is 2. The molecule has 3 rings (SSSR count). The fourth-order valence-corrected chi connectivity index (χ4v) is 3.31. The molecular formula is C15H19ClO2. The second-order valence-corrected chi connectivity index (χ2v) is 5.96. The molecule has 98 valence electrons. The average Bonchev–Trinajstić information content (AvgIpc) is 2.80. The Morgan fingerprint density at radius 2 is 2.11 bits per heavy atom. The normalized spacial score (nSPS) is 22.3. The van der Waals surface area contributed by atoms with Gasteiger partial charge in [0.05, 0.1) is 24.2 Å². The van der Waals surface area contributed by atoms with Gasteiger partial charge in [0.15, 0.2) is 0 Å². The SMILES string of the molecule is COC1(CC(Cl)c2ccc3c(c2)COC3)CCC1. The Balaban J connectivity index is 1.74.